The van der Waals surface area contributed by atoms with Crippen molar-refractivity contribution in [2.45, 2.75) is 117 Å². The lowest BCUT2D eigenvalue weighted by Crippen LogP contribution is -2.58. The number of esters is 1. The minimum Gasteiger partial charge on any atom is -0.481 e. The third-order valence-corrected chi connectivity index (χ3v) is 10.9. The van der Waals surface area contributed by atoms with Gasteiger partial charge in [0.2, 0.25) is 11.8 Å². The van der Waals surface area contributed by atoms with Crippen LogP contribution in [0.1, 0.15) is 107 Å². The van der Waals surface area contributed by atoms with Gasteiger partial charge in [0.1, 0.15) is 16.7 Å². The Morgan fingerprint density at radius 1 is 1.06 bits per heavy atom. The zero-order chi connectivity index (χ0) is 37.8. The molecule has 1 fully saturated rings. The van der Waals surface area contributed by atoms with Crippen LogP contribution in [0.5, 0.6) is 0 Å². The van der Waals surface area contributed by atoms with Crippen LogP contribution < -0.4 is 10.6 Å². The standard InChI is InChI=1S/C38H57N5O7S/c1-9-24(4)33(41-35(46)30-17-13-14-18-42(30)7)37(47)43(8)31(23(2)3)21-32(50-26(6)44)36-40-29(22-51-36)34(45)39-28(19-25(5)38(48)49)20-27-15-11-10-12-16-27/h10-12,15-16,22-25,28,30-33H,9,13-14,17-21H2,1-8H3,(H,39,45)(H,41,46)(H,48,49)/t24-,25-,28+,30?,31+,32+,33-/m0/s1. The lowest BCUT2D eigenvalue weighted by atomic mass is 9.92. The fourth-order valence-corrected chi connectivity index (χ4v) is 7.48. The van der Waals surface area contributed by atoms with Crippen molar-refractivity contribution in [2.75, 3.05) is 20.6 Å². The molecule has 2 heterocycles. The largest absolute Gasteiger partial charge is 0.481 e. The van der Waals surface area contributed by atoms with E-state index >= 15 is 0 Å². The highest BCUT2D eigenvalue weighted by Gasteiger charge is 2.37. The molecule has 3 N–H and O–H groups in total. The van der Waals surface area contributed by atoms with Crippen molar-refractivity contribution in [1.29, 1.82) is 0 Å². The van der Waals surface area contributed by atoms with E-state index in [1.807, 2.05) is 70.0 Å². The van der Waals surface area contributed by atoms with E-state index in [-0.39, 0.29) is 48.2 Å². The molecule has 13 heteroatoms. The molecule has 3 rings (SSSR count). The number of carbonyl (C=O) groups excluding carboxylic acids is 4. The number of carboxylic acids is 1. The molecule has 12 nitrogen and oxygen atoms in total. The van der Waals surface area contributed by atoms with E-state index in [1.54, 1.807) is 24.3 Å². The first-order valence-electron chi connectivity index (χ1n) is 18.1. The Labute approximate surface area is 306 Å². The molecule has 1 unspecified atom stereocenters. The van der Waals surface area contributed by atoms with Gasteiger partial charge in [0.25, 0.3) is 5.91 Å². The summed E-state index contributed by atoms with van der Waals surface area (Å²) in [4.78, 5) is 73.3. The van der Waals surface area contributed by atoms with Crippen molar-refractivity contribution in [3.05, 3.63) is 52.0 Å². The van der Waals surface area contributed by atoms with Crippen LogP contribution in [0, 0.1) is 17.8 Å². The van der Waals surface area contributed by atoms with E-state index in [2.05, 4.69) is 15.6 Å². The summed E-state index contributed by atoms with van der Waals surface area (Å²) in [5.74, 6) is -3.11. The zero-order valence-corrected chi connectivity index (χ0v) is 32.2. The number of amides is 3. The number of thiazole rings is 1. The molecule has 1 aromatic carbocycles. The number of nitrogens with zero attached hydrogens (tertiary/aromatic N) is 3. The molecule has 0 spiro atoms. The predicted molar refractivity (Wildman–Crippen MR) is 197 cm³/mol. The minimum absolute atomic E-state index is 0.0486. The summed E-state index contributed by atoms with van der Waals surface area (Å²) < 4.78 is 5.76. The van der Waals surface area contributed by atoms with Gasteiger partial charge in [-0.1, -0.05) is 77.8 Å². The number of hydrogen-bond donors (Lipinski definition) is 3. The van der Waals surface area contributed by atoms with Gasteiger partial charge in [-0.05, 0) is 56.7 Å². The monoisotopic (exact) mass is 727 g/mol. The number of carboxylic acid groups (broad SMARTS) is 1. The maximum absolute atomic E-state index is 14.2. The minimum atomic E-state index is -0.944. The van der Waals surface area contributed by atoms with Crippen molar-refractivity contribution >= 4 is 41.0 Å². The van der Waals surface area contributed by atoms with Gasteiger partial charge in [0.15, 0.2) is 6.10 Å². The summed E-state index contributed by atoms with van der Waals surface area (Å²) in [5, 5.41) is 17.6. The number of piperidine rings is 1. The van der Waals surface area contributed by atoms with E-state index in [9.17, 15) is 29.1 Å². The average Bonchev–Trinajstić information content (AvgIpc) is 3.59. The first-order chi connectivity index (χ1) is 24.1. The number of aliphatic carboxylic acids is 1. The van der Waals surface area contributed by atoms with Gasteiger partial charge >= 0.3 is 11.9 Å². The first kappa shape index (κ1) is 41.6. The molecule has 7 atom stereocenters. The molecule has 0 radical (unpaired) electrons. The van der Waals surface area contributed by atoms with Gasteiger partial charge in [-0.3, -0.25) is 28.9 Å². The van der Waals surface area contributed by atoms with Gasteiger partial charge in [0, 0.05) is 37.9 Å². The smallest absolute Gasteiger partial charge is 0.306 e. The van der Waals surface area contributed by atoms with Crippen molar-refractivity contribution in [2.24, 2.45) is 17.8 Å². The molecule has 1 aliphatic rings. The third kappa shape index (κ3) is 12.1. The van der Waals surface area contributed by atoms with Crippen molar-refractivity contribution in [3.63, 3.8) is 0 Å². The van der Waals surface area contributed by atoms with Crippen LogP contribution in [0.15, 0.2) is 35.7 Å². The Morgan fingerprint density at radius 2 is 1.75 bits per heavy atom. The topological polar surface area (TPSA) is 158 Å². The average molecular weight is 728 g/mol. The number of ether oxygens (including phenoxy) is 1. The number of likely N-dealkylation sites (tertiary alicyclic amines) is 1. The van der Waals surface area contributed by atoms with E-state index in [1.165, 1.54) is 18.3 Å². The SMILES string of the molecule is CC[C@H](C)[C@H](NC(=O)C1CCCCN1C)C(=O)N(C)[C@H](C[C@@H](OC(C)=O)c1nc(C(=O)N[C@@H](Cc2ccccc2)C[C@H](C)C(=O)O)cs1)C(C)C. The number of carbonyl (C=O) groups is 5. The van der Waals surface area contributed by atoms with Crippen LogP contribution in [0.2, 0.25) is 0 Å². The molecule has 51 heavy (non-hydrogen) atoms. The predicted octanol–water partition coefficient (Wildman–Crippen LogP) is 5.09. The first-order valence-corrected chi connectivity index (χ1v) is 19.0. The van der Waals surface area contributed by atoms with Crippen LogP contribution in [0.25, 0.3) is 0 Å². The lowest BCUT2D eigenvalue weighted by Gasteiger charge is -2.38. The second-order valence-electron chi connectivity index (χ2n) is 14.4. The Hall–Kier alpha value is -3.84. The van der Waals surface area contributed by atoms with Crippen LogP contribution >= 0.6 is 11.3 Å². The molecule has 1 saturated heterocycles. The highest BCUT2D eigenvalue weighted by atomic mass is 32.1. The number of nitrogens with one attached hydrogen (secondary N) is 2. The van der Waals surface area contributed by atoms with Gasteiger partial charge < -0.3 is 25.4 Å². The Bertz CT molecular complexity index is 1470. The summed E-state index contributed by atoms with van der Waals surface area (Å²) in [5.41, 5.74) is 1.09. The van der Waals surface area contributed by atoms with E-state index < -0.39 is 48.0 Å². The molecule has 1 aromatic heterocycles. The summed E-state index contributed by atoms with van der Waals surface area (Å²) in [7, 11) is 3.66. The third-order valence-electron chi connectivity index (χ3n) is 9.98. The van der Waals surface area contributed by atoms with E-state index in [0.29, 0.717) is 17.8 Å². The highest BCUT2D eigenvalue weighted by molar-refractivity contribution is 7.09. The summed E-state index contributed by atoms with van der Waals surface area (Å²) >= 11 is 1.18. The number of rotatable bonds is 18. The number of benzene rings is 1. The van der Waals surface area contributed by atoms with Gasteiger partial charge in [-0.2, -0.15) is 0 Å². The lowest BCUT2D eigenvalue weighted by molar-refractivity contribution is -0.149. The fourth-order valence-electron chi connectivity index (χ4n) is 6.64. The Balaban J connectivity index is 1.81. The molecular formula is C38H57N5O7S. The summed E-state index contributed by atoms with van der Waals surface area (Å²) in [6.45, 7) is 11.7. The van der Waals surface area contributed by atoms with Gasteiger partial charge in [-0.25, -0.2) is 4.98 Å². The summed E-state index contributed by atoms with van der Waals surface area (Å²) in [6, 6.07) is 7.68. The van der Waals surface area contributed by atoms with Crippen LogP contribution in [0.3, 0.4) is 0 Å². The molecule has 282 valence electrons. The van der Waals surface area contributed by atoms with Crippen molar-refractivity contribution in [1.82, 2.24) is 25.4 Å². The molecule has 0 aliphatic carbocycles. The number of likely N-dealkylation sites (N-methyl/N-ethyl adjacent to an activating group) is 2. The maximum atomic E-state index is 14.2. The zero-order valence-electron chi connectivity index (χ0n) is 31.4. The normalized spacial score (nSPS) is 18.5. The Kier molecular flexibility index (Phi) is 16.0. The van der Waals surface area contributed by atoms with Crippen LogP contribution in [-0.4, -0.2) is 94.4 Å². The maximum Gasteiger partial charge on any atom is 0.306 e. The van der Waals surface area contributed by atoms with Gasteiger partial charge in [-0.15, -0.1) is 11.3 Å². The van der Waals surface area contributed by atoms with Crippen LogP contribution in [-0.2, 0) is 30.3 Å². The molecule has 2 aromatic rings. The number of hydrogen-bond acceptors (Lipinski definition) is 9. The Morgan fingerprint density at radius 3 is 2.33 bits per heavy atom. The van der Waals surface area contributed by atoms with Crippen molar-refractivity contribution < 1.29 is 33.8 Å². The summed E-state index contributed by atoms with van der Waals surface area (Å²) in [6.07, 6.45) is 3.53. The second-order valence-corrected chi connectivity index (χ2v) is 15.3. The molecule has 1 aliphatic heterocycles. The quantitative estimate of drug-likeness (QED) is 0.178. The van der Waals surface area contributed by atoms with E-state index in [4.69, 9.17) is 4.74 Å². The second kappa shape index (κ2) is 19.7. The highest BCUT2D eigenvalue weighted by Crippen LogP contribution is 2.31. The molecule has 3 amide bonds. The van der Waals surface area contributed by atoms with Crippen LogP contribution in [0.4, 0.5) is 0 Å². The van der Waals surface area contributed by atoms with Crippen molar-refractivity contribution in [3.8, 4) is 0 Å². The van der Waals surface area contributed by atoms with Gasteiger partial charge in [0.05, 0.1) is 12.0 Å². The fraction of sp³-hybridized carbons (Fsp3) is 0.632. The molecule has 0 saturated carbocycles. The number of aromatic nitrogens is 1. The molecular weight excluding hydrogens is 671 g/mol. The van der Waals surface area contributed by atoms with E-state index in [0.717, 1.165) is 31.4 Å². The molecule has 0 bridgehead atoms.